The first kappa shape index (κ1) is 14.6. The van der Waals surface area contributed by atoms with Crippen LogP contribution < -0.4 is 10.1 Å². The minimum absolute atomic E-state index is 0.0154. The van der Waals surface area contributed by atoms with Crippen molar-refractivity contribution >= 4 is 5.91 Å². The molecule has 0 saturated heterocycles. The maximum atomic E-state index is 13.4. The van der Waals surface area contributed by atoms with Crippen LogP contribution in [0.15, 0.2) is 48.5 Å². The standard InChI is InChI=1S/C18H18FNO2/c19-15-9-3-4-11-17(15)22-12-18(21)20-16-10-5-7-13-6-1-2-8-14(13)16/h1-4,6,8-9,11,16H,5,7,10,12H2,(H,20,21)/t16-/m1/s1. The molecule has 3 nitrogen and oxygen atoms in total. The Kier molecular flexibility index (Phi) is 4.37. The molecule has 0 fully saturated rings. The third-order valence-corrected chi connectivity index (χ3v) is 3.90. The lowest BCUT2D eigenvalue weighted by Crippen LogP contribution is -2.34. The molecule has 0 aliphatic heterocycles. The number of nitrogens with one attached hydrogen (secondary N) is 1. The Morgan fingerprint density at radius 3 is 2.82 bits per heavy atom. The number of carbonyl (C=O) groups excluding carboxylic acids is 1. The summed E-state index contributed by atoms with van der Waals surface area (Å²) in [6.07, 6.45) is 3.02. The summed E-state index contributed by atoms with van der Waals surface area (Å²) in [5, 5.41) is 2.98. The van der Waals surface area contributed by atoms with Crippen LogP contribution in [0.25, 0.3) is 0 Å². The van der Waals surface area contributed by atoms with Gasteiger partial charge in [0, 0.05) is 0 Å². The Labute approximate surface area is 129 Å². The minimum Gasteiger partial charge on any atom is -0.481 e. The summed E-state index contributed by atoms with van der Waals surface area (Å²) < 4.78 is 18.7. The van der Waals surface area contributed by atoms with E-state index in [9.17, 15) is 9.18 Å². The van der Waals surface area contributed by atoms with Crippen LogP contribution >= 0.6 is 0 Å². The zero-order valence-corrected chi connectivity index (χ0v) is 12.2. The van der Waals surface area contributed by atoms with Crippen LogP contribution in [0.2, 0.25) is 0 Å². The van der Waals surface area contributed by atoms with Crippen molar-refractivity contribution in [2.24, 2.45) is 0 Å². The molecule has 0 radical (unpaired) electrons. The molecule has 114 valence electrons. The topological polar surface area (TPSA) is 38.3 Å². The quantitative estimate of drug-likeness (QED) is 0.939. The SMILES string of the molecule is O=C(COc1ccccc1F)N[C@@H]1CCCc2ccccc21. The maximum absolute atomic E-state index is 13.4. The fourth-order valence-corrected chi connectivity index (χ4v) is 2.84. The molecule has 1 amide bonds. The molecule has 1 atom stereocenters. The Balaban J connectivity index is 1.60. The van der Waals surface area contributed by atoms with E-state index in [0.29, 0.717) is 0 Å². The zero-order valence-electron chi connectivity index (χ0n) is 12.2. The molecule has 0 saturated carbocycles. The van der Waals surface area contributed by atoms with E-state index in [2.05, 4.69) is 17.4 Å². The lowest BCUT2D eigenvalue weighted by molar-refractivity contribution is -0.124. The normalized spacial score (nSPS) is 16.7. The fourth-order valence-electron chi connectivity index (χ4n) is 2.84. The van der Waals surface area contributed by atoms with Gasteiger partial charge in [-0.25, -0.2) is 4.39 Å². The van der Waals surface area contributed by atoms with Crippen molar-refractivity contribution in [2.45, 2.75) is 25.3 Å². The molecule has 2 aromatic carbocycles. The third kappa shape index (κ3) is 3.27. The lowest BCUT2D eigenvalue weighted by atomic mass is 9.88. The van der Waals surface area contributed by atoms with Gasteiger partial charge in [-0.15, -0.1) is 0 Å². The second kappa shape index (κ2) is 6.60. The van der Waals surface area contributed by atoms with Crippen molar-refractivity contribution in [1.82, 2.24) is 5.32 Å². The van der Waals surface area contributed by atoms with Crippen molar-refractivity contribution in [1.29, 1.82) is 0 Å². The van der Waals surface area contributed by atoms with Crippen LogP contribution in [-0.4, -0.2) is 12.5 Å². The van der Waals surface area contributed by atoms with Gasteiger partial charge in [0.25, 0.3) is 5.91 Å². The highest BCUT2D eigenvalue weighted by molar-refractivity contribution is 5.78. The van der Waals surface area contributed by atoms with Gasteiger partial charge in [0.2, 0.25) is 0 Å². The van der Waals surface area contributed by atoms with Crippen molar-refractivity contribution < 1.29 is 13.9 Å². The number of rotatable bonds is 4. The highest BCUT2D eigenvalue weighted by Gasteiger charge is 2.21. The van der Waals surface area contributed by atoms with Gasteiger partial charge in [0.05, 0.1) is 6.04 Å². The predicted molar refractivity (Wildman–Crippen MR) is 82.2 cm³/mol. The number of aryl methyl sites for hydroxylation is 1. The van der Waals surface area contributed by atoms with Gasteiger partial charge >= 0.3 is 0 Å². The van der Waals surface area contributed by atoms with E-state index in [0.717, 1.165) is 19.3 Å². The van der Waals surface area contributed by atoms with Crippen molar-refractivity contribution in [2.75, 3.05) is 6.61 Å². The van der Waals surface area contributed by atoms with Gasteiger partial charge in [-0.05, 0) is 42.5 Å². The molecule has 4 heteroatoms. The number of para-hydroxylation sites is 1. The monoisotopic (exact) mass is 299 g/mol. The summed E-state index contributed by atoms with van der Waals surface area (Å²) in [5.74, 6) is -0.593. The maximum Gasteiger partial charge on any atom is 0.258 e. The highest BCUT2D eigenvalue weighted by Crippen LogP contribution is 2.29. The average molecular weight is 299 g/mol. The summed E-state index contributed by atoms with van der Waals surface area (Å²) in [5.41, 5.74) is 2.46. The molecule has 0 unspecified atom stereocenters. The minimum atomic E-state index is -0.460. The van der Waals surface area contributed by atoms with Crippen LogP contribution in [0.4, 0.5) is 4.39 Å². The van der Waals surface area contributed by atoms with Crippen LogP contribution in [0.1, 0.15) is 30.0 Å². The van der Waals surface area contributed by atoms with Crippen molar-refractivity contribution in [3.05, 3.63) is 65.5 Å². The molecule has 2 aromatic rings. The molecule has 3 rings (SSSR count). The molecule has 0 spiro atoms. The van der Waals surface area contributed by atoms with Gasteiger partial charge in [-0.3, -0.25) is 4.79 Å². The summed E-state index contributed by atoms with van der Waals surface area (Å²) in [4.78, 5) is 12.0. The van der Waals surface area contributed by atoms with Gasteiger partial charge in [-0.2, -0.15) is 0 Å². The number of hydrogen-bond acceptors (Lipinski definition) is 2. The number of fused-ring (bicyclic) bond motifs is 1. The Hall–Kier alpha value is -2.36. The van der Waals surface area contributed by atoms with Crippen molar-refractivity contribution in [3.63, 3.8) is 0 Å². The second-order valence-corrected chi connectivity index (χ2v) is 5.43. The van der Waals surface area contributed by atoms with E-state index in [1.807, 2.05) is 12.1 Å². The number of ether oxygens (including phenoxy) is 1. The molecular formula is C18H18FNO2. The van der Waals surface area contributed by atoms with Crippen LogP contribution in [0, 0.1) is 5.82 Å². The van der Waals surface area contributed by atoms with E-state index in [1.165, 1.54) is 23.3 Å². The number of hydrogen-bond donors (Lipinski definition) is 1. The molecule has 0 aromatic heterocycles. The molecule has 1 aliphatic rings. The Morgan fingerprint density at radius 2 is 1.95 bits per heavy atom. The molecule has 1 aliphatic carbocycles. The van der Waals surface area contributed by atoms with E-state index in [1.54, 1.807) is 12.1 Å². The molecule has 1 N–H and O–H groups in total. The van der Waals surface area contributed by atoms with Gasteiger partial charge < -0.3 is 10.1 Å². The fraction of sp³-hybridized carbons (Fsp3) is 0.278. The molecule has 22 heavy (non-hydrogen) atoms. The third-order valence-electron chi connectivity index (χ3n) is 3.90. The first-order chi connectivity index (χ1) is 10.7. The van der Waals surface area contributed by atoms with E-state index in [4.69, 9.17) is 4.74 Å². The van der Waals surface area contributed by atoms with Crippen LogP contribution in [-0.2, 0) is 11.2 Å². The van der Waals surface area contributed by atoms with Gasteiger partial charge in [0.1, 0.15) is 0 Å². The van der Waals surface area contributed by atoms with Crippen LogP contribution in [0.5, 0.6) is 5.75 Å². The number of halogens is 1. The number of amides is 1. The lowest BCUT2D eigenvalue weighted by Gasteiger charge is -2.26. The van der Waals surface area contributed by atoms with Gasteiger partial charge in [0.15, 0.2) is 18.2 Å². The van der Waals surface area contributed by atoms with E-state index in [-0.39, 0.29) is 24.3 Å². The highest BCUT2D eigenvalue weighted by atomic mass is 19.1. The van der Waals surface area contributed by atoms with E-state index < -0.39 is 5.82 Å². The smallest absolute Gasteiger partial charge is 0.258 e. The summed E-state index contributed by atoms with van der Waals surface area (Å²) >= 11 is 0. The second-order valence-electron chi connectivity index (χ2n) is 5.43. The molecular weight excluding hydrogens is 281 g/mol. The largest absolute Gasteiger partial charge is 0.481 e. The Bertz CT molecular complexity index is 672. The molecule has 0 bridgehead atoms. The number of benzene rings is 2. The average Bonchev–Trinajstić information content (AvgIpc) is 2.54. The summed E-state index contributed by atoms with van der Waals surface area (Å²) in [6, 6.07) is 14.3. The first-order valence-electron chi connectivity index (χ1n) is 7.48. The summed E-state index contributed by atoms with van der Waals surface area (Å²) in [7, 11) is 0. The zero-order chi connectivity index (χ0) is 15.4. The van der Waals surface area contributed by atoms with E-state index >= 15 is 0 Å². The number of carbonyl (C=O) groups is 1. The van der Waals surface area contributed by atoms with Crippen LogP contribution in [0.3, 0.4) is 0 Å². The van der Waals surface area contributed by atoms with Crippen molar-refractivity contribution in [3.8, 4) is 5.75 Å². The summed E-state index contributed by atoms with van der Waals surface area (Å²) in [6.45, 7) is -0.181. The predicted octanol–water partition coefficient (Wildman–Crippen LogP) is 3.40. The van der Waals surface area contributed by atoms with Gasteiger partial charge in [-0.1, -0.05) is 36.4 Å². The first-order valence-corrected chi connectivity index (χ1v) is 7.48. The Morgan fingerprint density at radius 1 is 1.18 bits per heavy atom. The molecule has 0 heterocycles.